The average molecular weight is 350 g/mol. The Labute approximate surface area is 151 Å². The van der Waals surface area contributed by atoms with Crippen LogP contribution in [0.1, 0.15) is 72.6 Å². The second-order valence-corrected chi connectivity index (χ2v) is 10.1. The number of epoxide rings is 1. The summed E-state index contributed by atoms with van der Waals surface area (Å²) in [6.07, 6.45) is 6.73. The second-order valence-electron chi connectivity index (χ2n) is 10.1. The third kappa shape index (κ3) is 2.16. The van der Waals surface area contributed by atoms with Crippen LogP contribution in [-0.4, -0.2) is 35.5 Å². The Morgan fingerprint density at radius 2 is 1.92 bits per heavy atom. The molecule has 1 heterocycles. The molecule has 0 aromatic rings. The number of carbonyl (C=O) groups is 1. The number of hydrogen-bond donors (Lipinski definition) is 1. The molecule has 7 atom stereocenters. The predicted molar refractivity (Wildman–Crippen MR) is 94.9 cm³/mol. The van der Waals surface area contributed by atoms with Gasteiger partial charge in [-0.15, -0.1) is 0 Å². The Hall–Kier alpha value is -0.610. The summed E-state index contributed by atoms with van der Waals surface area (Å²) in [7, 11) is 1.51. The van der Waals surface area contributed by atoms with Gasteiger partial charge in [0.05, 0.1) is 29.8 Å². The zero-order valence-electron chi connectivity index (χ0n) is 16.4. The number of esters is 1. The zero-order chi connectivity index (χ0) is 18.3. The minimum atomic E-state index is -0.642. The fourth-order valence-corrected chi connectivity index (χ4v) is 7.38. The SMILES string of the molecule is COC(=O)[C@]1(C)CCC[C@]2(C)[C@@H]3C[C@@H]4O[C@@]4(C(C)C)C[C@@]3(O)CC[C@H]21. The van der Waals surface area contributed by atoms with E-state index < -0.39 is 11.0 Å². The normalized spacial score (nSPS) is 54.3. The van der Waals surface area contributed by atoms with Crippen molar-refractivity contribution in [3.8, 4) is 0 Å². The van der Waals surface area contributed by atoms with E-state index in [4.69, 9.17) is 9.47 Å². The molecule has 0 amide bonds. The highest BCUT2D eigenvalue weighted by molar-refractivity contribution is 5.77. The van der Waals surface area contributed by atoms with E-state index in [2.05, 4.69) is 27.7 Å². The van der Waals surface area contributed by atoms with E-state index in [0.29, 0.717) is 12.0 Å². The molecule has 3 saturated carbocycles. The molecule has 0 unspecified atom stereocenters. The number of fused-ring (bicyclic) bond motifs is 4. The highest BCUT2D eigenvalue weighted by Gasteiger charge is 2.72. The van der Waals surface area contributed by atoms with Crippen LogP contribution in [0.25, 0.3) is 0 Å². The highest BCUT2D eigenvalue weighted by Crippen LogP contribution is 2.69. The number of ether oxygens (including phenoxy) is 2. The van der Waals surface area contributed by atoms with Crippen molar-refractivity contribution in [1.29, 1.82) is 0 Å². The lowest BCUT2D eigenvalue weighted by Gasteiger charge is -2.62. The molecule has 25 heavy (non-hydrogen) atoms. The topological polar surface area (TPSA) is 59.1 Å². The molecule has 1 N–H and O–H groups in total. The van der Waals surface area contributed by atoms with Crippen LogP contribution in [0, 0.1) is 28.6 Å². The van der Waals surface area contributed by atoms with Crippen molar-refractivity contribution in [2.24, 2.45) is 28.6 Å². The maximum Gasteiger partial charge on any atom is 0.311 e. The monoisotopic (exact) mass is 350 g/mol. The molecule has 0 aromatic carbocycles. The number of aliphatic hydroxyl groups is 1. The fourth-order valence-electron chi connectivity index (χ4n) is 7.38. The van der Waals surface area contributed by atoms with Crippen molar-refractivity contribution >= 4 is 5.97 Å². The minimum Gasteiger partial charge on any atom is -0.469 e. The quantitative estimate of drug-likeness (QED) is 0.609. The van der Waals surface area contributed by atoms with Crippen LogP contribution >= 0.6 is 0 Å². The largest absolute Gasteiger partial charge is 0.469 e. The molecule has 4 nitrogen and oxygen atoms in total. The number of hydrogen-bond acceptors (Lipinski definition) is 4. The van der Waals surface area contributed by atoms with Gasteiger partial charge in [0.25, 0.3) is 0 Å². The molecular weight excluding hydrogens is 316 g/mol. The Balaban J connectivity index is 1.68. The second kappa shape index (κ2) is 5.22. The lowest BCUT2D eigenvalue weighted by molar-refractivity contribution is -0.205. The van der Waals surface area contributed by atoms with Gasteiger partial charge in [-0.2, -0.15) is 0 Å². The van der Waals surface area contributed by atoms with Gasteiger partial charge in [0.2, 0.25) is 0 Å². The smallest absolute Gasteiger partial charge is 0.311 e. The van der Waals surface area contributed by atoms with Gasteiger partial charge in [0.15, 0.2) is 0 Å². The van der Waals surface area contributed by atoms with Gasteiger partial charge >= 0.3 is 5.97 Å². The molecule has 142 valence electrons. The van der Waals surface area contributed by atoms with E-state index in [1.54, 1.807) is 0 Å². The lowest BCUT2D eigenvalue weighted by atomic mass is 9.42. The summed E-state index contributed by atoms with van der Waals surface area (Å²) in [6, 6.07) is 0. The fraction of sp³-hybridized carbons (Fsp3) is 0.952. The summed E-state index contributed by atoms with van der Waals surface area (Å²) >= 11 is 0. The van der Waals surface area contributed by atoms with Gasteiger partial charge in [0, 0.05) is 6.42 Å². The van der Waals surface area contributed by atoms with Gasteiger partial charge in [-0.05, 0) is 62.2 Å². The van der Waals surface area contributed by atoms with E-state index in [1.165, 1.54) is 7.11 Å². The molecule has 0 bridgehead atoms. The lowest BCUT2D eigenvalue weighted by Crippen LogP contribution is -2.63. The molecule has 4 fully saturated rings. The van der Waals surface area contributed by atoms with Gasteiger partial charge in [0.1, 0.15) is 0 Å². The van der Waals surface area contributed by atoms with Crippen molar-refractivity contribution in [2.75, 3.05) is 7.11 Å². The Morgan fingerprint density at radius 3 is 2.56 bits per heavy atom. The predicted octanol–water partition coefficient (Wildman–Crippen LogP) is 3.70. The van der Waals surface area contributed by atoms with Crippen LogP contribution < -0.4 is 0 Å². The molecule has 0 aromatic heterocycles. The van der Waals surface area contributed by atoms with E-state index in [1.807, 2.05) is 0 Å². The number of rotatable bonds is 2. The van der Waals surface area contributed by atoms with E-state index in [0.717, 1.165) is 44.9 Å². The van der Waals surface area contributed by atoms with E-state index in [9.17, 15) is 9.90 Å². The molecule has 1 saturated heterocycles. The maximum atomic E-state index is 12.6. The van der Waals surface area contributed by atoms with Crippen LogP contribution in [0.2, 0.25) is 0 Å². The molecule has 3 aliphatic carbocycles. The maximum absolute atomic E-state index is 12.6. The summed E-state index contributed by atoms with van der Waals surface area (Å²) in [6.45, 7) is 8.86. The third-order valence-corrected chi connectivity index (χ3v) is 8.80. The number of methoxy groups -OCH3 is 1. The first kappa shape index (κ1) is 17.8. The van der Waals surface area contributed by atoms with Crippen molar-refractivity contribution < 1.29 is 19.4 Å². The first-order valence-corrected chi connectivity index (χ1v) is 10.1. The summed E-state index contributed by atoms with van der Waals surface area (Å²) in [5, 5.41) is 11.7. The van der Waals surface area contributed by atoms with E-state index in [-0.39, 0.29) is 28.8 Å². The first-order valence-electron chi connectivity index (χ1n) is 10.1. The standard InChI is InChI=1S/C21H34O4/c1-13(2)21-12-20(23)10-7-14-18(3,15(20)11-16(21)25-21)8-6-9-19(14,4)17(22)24-5/h13-16,23H,6-12H2,1-5H3/t14-,15+,16+,18+,19-,20+,21-/m1/s1. The van der Waals surface area contributed by atoms with Crippen LogP contribution in [0.5, 0.6) is 0 Å². The summed E-state index contributed by atoms with van der Waals surface area (Å²) in [5.41, 5.74) is -1.17. The first-order chi connectivity index (χ1) is 11.6. The van der Waals surface area contributed by atoms with Crippen LogP contribution in [-0.2, 0) is 14.3 Å². The summed E-state index contributed by atoms with van der Waals surface area (Å²) in [5.74, 6) is 0.891. The van der Waals surface area contributed by atoms with E-state index >= 15 is 0 Å². The molecule has 4 aliphatic rings. The molecule has 0 spiro atoms. The number of carbonyl (C=O) groups excluding carboxylic acids is 1. The Morgan fingerprint density at radius 1 is 1.20 bits per heavy atom. The molecule has 0 radical (unpaired) electrons. The minimum absolute atomic E-state index is 0.0106. The highest BCUT2D eigenvalue weighted by atomic mass is 16.6. The molecular formula is C21H34O4. The van der Waals surface area contributed by atoms with Crippen molar-refractivity contribution in [3.05, 3.63) is 0 Å². The van der Waals surface area contributed by atoms with Gasteiger partial charge in [-0.1, -0.05) is 27.2 Å². The van der Waals surface area contributed by atoms with Gasteiger partial charge in [-0.25, -0.2) is 0 Å². The van der Waals surface area contributed by atoms with Crippen LogP contribution in [0.15, 0.2) is 0 Å². The summed E-state index contributed by atoms with van der Waals surface area (Å²) < 4.78 is 11.4. The molecule has 4 rings (SSSR count). The van der Waals surface area contributed by atoms with Gasteiger partial charge < -0.3 is 14.6 Å². The summed E-state index contributed by atoms with van der Waals surface area (Å²) in [4.78, 5) is 12.6. The van der Waals surface area contributed by atoms with Gasteiger partial charge in [-0.3, -0.25) is 4.79 Å². The third-order valence-electron chi connectivity index (χ3n) is 8.80. The van der Waals surface area contributed by atoms with Crippen LogP contribution in [0.3, 0.4) is 0 Å². The molecule has 4 heteroatoms. The van der Waals surface area contributed by atoms with Crippen molar-refractivity contribution in [3.63, 3.8) is 0 Å². The average Bonchev–Trinajstić information content (AvgIpc) is 3.26. The van der Waals surface area contributed by atoms with Crippen LogP contribution in [0.4, 0.5) is 0 Å². The van der Waals surface area contributed by atoms with Crippen molar-refractivity contribution in [2.45, 2.75) is 89.9 Å². The van der Waals surface area contributed by atoms with Crippen molar-refractivity contribution in [1.82, 2.24) is 0 Å². The Bertz CT molecular complexity index is 588. The zero-order valence-corrected chi connectivity index (χ0v) is 16.4. The molecule has 1 aliphatic heterocycles. The Kier molecular flexibility index (Phi) is 3.71.